The maximum Gasteiger partial charge on any atom is 0.225 e. The molecule has 2 aliphatic rings. The van der Waals surface area contributed by atoms with Crippen molar-refractivity contribution in [3.8, 4) is 0 Å². The van der Waals surface area contributed by atoms with E-state index in [1.807, 2.05) is 18.2 Å². The highest BCUT2D eigenvalue weighted by Crippen LogP contribution is 2.30. The standard InChI is InChI=1S/C24H34ClN5/c1-30(2)23-21-8-3-4-9-22(21)28-24(29-23)27-20-12-10-17(11-13-20)15-26-16-18-6-5-7-19(25)14-18/h5-7,14,17,20,26H,3-4,8-13,15-16H2,1-2H3,(H,27,28,29). The van der Waals surface area contributed by atoms with Gasteiger partial charge in [0, 0.05) is 37.3 Å². The van der Waals surface area contributed by atoms with Crippen molar-refractivity contribution in [3.63, 3.8) is 0 Å². The highest BCUT2D eigenvalue weighted by atomic mass is 35.5. The molecule has 2 N–H and O–H groups in total. The van der Waals surface area contributed by atoms with E-state index < -0.39 is 0 Å². The van der Waals surface area contributed by atoms with Crippen LogP contribution >= 0.6 is 11.6 Å². The van der Waals surface area contributed by atoms with Crippen LogP contribution in [0.25, 0.3) is 0 Å². The highest BCUT2D eigenvalue weighted by molar-refractivity contribution is 6.30. The van der Waals surface area contributed by atoms with Gasteiger partial charge in [-0.2, -0.15) is 4.98 Å². The van der Waals surface area contributed by atoms with Gasteiger partial charge < -0.3 is 15.5 Å². The second-order valence-corrected chi connectivity index (χ2v) is 9.46. The molecule has 6 heteroatoms. The maximum atomic E-state index is 6.07. The molecule has 162 valence electrons. The number of benzene rings is 1. The second kappa shape index (κ2) is 9.97. The molecule has 5 nitrogen and oxygen atoms in total. The van der Waals surface area contributed by atoms with Gasteiger partial charge >= 0.3 is 0 Å². The Morgan fingerprint density at radius 2 is 1.87 bits per heavy atom. The fourth-order valence-corrected chi connectivity index (χ4v) is 4.98. The first kappa shape index (κ1) is 21.4. The smallest absolute Gasteiger partial charge is 0.225 e. The fourth-order valence-electron chi connectivity index (χ4n) is 4.77. The number of hydrogen-bond acceptors (Lipinski definition) is 5. The summed E-state index contributed by atoms with van der Waals surface area (Å²) >= 11 is 6.07. The first-order valence-corrected chi connectivity index (χ1v) is 11.7. The summed E-state index contributed by atoms with van der Waals surface area (Å²) in [7, 11) is 4.17. The lowest BCUT2D eigenvalue weighted by atomic mass is 9.86. The molecule has 1 fully saturated rings. The summed E-state index contributed by atoms with van der Waals surface area (Å²) in [5.41, 5.74) is 3.85. The number of aromatic nitrogens is 2. The average Bonchev–Trinajstić information content (AvgIpc) is 2.74. The Hall–Kier alpha value is -1.85. The quantitative estimate of drug-likeness (QED) is 0.662. The number of nitrogens with one attached hydrogen (secondary N) is 2. The van der Waals surface area contributed by atoms with Crippen LogP contribution in [0.3, 0.4) is 0 Å². The molecule has 0 bridgehead atoms. The fraction of sp³-hybridized carbons (Fsp3) is 0.583. The van der Waals surface area contributed by atoms with Crippen molar-refractivity contribution in [2.75, 3.05) is 30.9 Å². The van der Waals surface area contributed by atoms with Gasteiger partial charge in [-0.25, -0.2) is 4.98 Å². The third kappa shape index (κ3) is 5.44. The van der Waals surface area contributed by atoms with Gasteiger partial charge in [-0.1, -0.05) is 23.7 Å². The van der Waals surface area contributed by atoms with E-state index in [0.29, 0.717) is 6.04 Å². The molecule has 0 saturated heterocycles. The summed E-state index contributed by atoms with van der Waals surface area (Å²) in [6.45, 7) is 1.95. The van der Waals surface area contributed by atoms with Gasteiger partial charge in [0.2, 0.25) is 5.95 Å². The van der Waals surface area contributed by atoms with Gasteiger partial charge in [-0.3, -0.25) is 0 Å². The van der Waals surface area contributed by atoms with Crippen LogP contribution in [0, 0.1) is 5.92 Å². The molecule has 1 aromatic heterocycles. The number of halogens is 1. The van der Waals surface area contributed by atoms with Gasteiger partial charge in [0.25, 0.3) is 0 Å². The van der Waals surface area contributed by atoms with E-state index in [2.05, 4.69) is 35.7 Å². The van der Waals surface area contributed by atoms with Crippen LogP contribution in [0.15, 0.2) is 24.3 Å². The number of aryl methyl sites for hydroxylation is 1. The molecule has 1 aromatic carbocycles. The average molecular weight is 428 g/mol. The van der Waals surface area contributed by atoms with Crippen LogP contribution in [0.2, 0.25) is 5.02 Å². The minimum atomic E-state index is 0.478. The molecule has 0 amide bonds. The van der Waals surface area contributed by atoms with Crippen molar-refractivity contribution >= 4 is 23.4 Å². The molecule has 0 radical (unpaired) electrons. The lowest BCUT2D eigenvalue weighted by molar-refractivity contribution is 0.323. The largest absolute Gasteiger partial charge is 0.362 e. The Bertz CT molecular complexity index is 845. The van der Waals surface area contributed by atoms with Crippen LogP contribution in [0.1, 0.15) is 55.3 Å². The summed E-state index contributed by atoms with van der Waals surface area (Å²) in [6, 6.07) is 8.58. The van der Waals surface area contributed by atoms with E-state index in [9.17, 15) is 0 Å². The number of fused-ring (bicyclic) bond motifs is 1. The minimum Gasteiger partial charge on any atom is -0.362 e. The number of rotatable bonds is 7. The third-order valence-electron chi connectivity index (χ3n) is 6.42. The maximum absolute atomic E-state index is 6.07. The molecule has 4 rings (SSSR count). The first-order valence-electron chi connectivity index (χ1n) is 11.4. The van der Waals surface area contributed by atoms with E-state index in [4.69, 9.17) is 21.6 Å². The molecule has 2 aromatic rings. The Labute approximate surface area is 185 Å². The van der Waals surface area contributed by atoms with E-state index in [0.717, 1.165) is 48.6 Å². The van der Waals surface area contributed by atoms with Crippen LogP contribution in [0.4, 0.5) is 11.8 Å². The van der Waals surface area contributed by atoms with Crippen LogP contribution in [-0.4, -0.2) is 36.6 Å². The normalized spacial score (nSPS) is 21.2. The zero-order valence-corrected chi connectivity index (χ0v) is 19.0. The Balaban J connectivity index is 1.27. The lowest BCUT2D eigenvalue weighted by Crippen LogP contribution is -2.32. The van der Waals surface area contributed by atoms with Crippen molar-refractivity contribution in [2.45, 2.75) is 64.0 Å². The van der Waals surface area contributed by atoms with E-state index in [1.54, 1.807) is 0 Å². The molecule has 2 aliphatic carbocycles. The molecular weight excluding hydrogens is 394 g/mol. The molecule has 0 unspecified atom stereocenters. The molecule has 0 atom stereocenters. The van der Waals surface area contributed by atoms with Gasteiger partial charge in [-0.15, -0.1) is 0 Å². The van der Waals surface area contributed by atoms with Crippen molar-refractivity contribution < 1.29 is 0 Å². The second-order valence-electron chi connectivity index (χ2n) is 9.02. The number of nitrogens with zero attached hydrogens (tertiary/aromatic N) is 3. The summed E-state index contributed by atoms with van der Waals surface area (Å²) in [4.78, 5) is 11.9. The third-order valence-corrected chi connectivity index (χ3v) is 6.65. The SMILES string of the molecule is CN(C)c1nc(NC2CCC(CNCc3cccc(Cl)c3)CC2)nc2c1CCCC2. The number of hydrogen-bond donors (Lipinski definition) is 2. The van der Waals surface area contributed by atoms with E-state index in [1.165, 1.54) is 55.3 Å². The zero-order valence-electron chi connectivity index (χ0n) is 18.3. The summed E-state index contributed by atoms with van der Waals surface area (Å²) in [6.07, 6.45) is 9.53. The predicted octanol–water partition coefficient (Wildman–Crippen LogP) is 4.84. The predicted molar refractivity (Wildman–Crippen MR) is 126 cm³/mol. The monoisotopic (exact) mass is 427 g/mol. The topological polar surface area (TPSA) is 53.1 Å². The van der Waals surface area contributed by atoms with Crippen LogP contribution in [0.5, 0.6) is 0 Å². The molecule has 0 aliphatic heterocycles. The Morgan fingerprint density at radius 3 is 2.63 bits per heavy atom. The zero-order chi connectivity index (χ0) is 20.9. The van der Waals surface area contributed by atoms with Crippen LogP contribution < -0.4 is 15.5 Å². The molecule has 30 heavy (non-hydrogen) atoms. The van der Waals surface area contributed by atoms with Gasteiger partial charge in [0.15, 0.2) is 0 Å². The van der Waals surface area contributed by atoms with Crippen molar-refractivity contribution in [1.82, 2.24) is 15.3 Å². The van der Waals surface area contributed by atoms with Crippen molar-refractivity contribution in [1.29, 1.82) is 0 Å². The molecule has 1 saturated carbocycles. The Kier molecular flexibility index (Phi) is 7.11. The molecule has 1 heterocycles. The van der Waals surface area contributed by atoms with Crippen molar-refractivity contribution in [3.05, 3.63) is 46.1 Å². The van der Waals surface area contributed by atoms with Gasteiger partial charge in [0.1, 0.15) is 5.82 Å². The number of anilines is 2. The summed E-state index contributed by atoms with van der Waals surface area (Å²) < 4.78 is 0. The molecular formula is C24H34ClN5. The van der Waals surface area contributed by atoms with Crippen LogP contribution in [-0.2, 0) is 19.4 Å². The lowest BCUT2D eigenvalue weighted by Gasteiger charge is -2.30. The van der Waals surface area contributed by atoms with E-state index in [-0.39, 0.29) is 0 Å². The summed E-state index contributed by atoms with van der Waals surface area (Å²) in [5.74, 6) is 2.66. The Morgan fingerprint density at radius 1 is 1.07 bits per heavy atom. The minimum absolute atomic E-state index is 0.478. The van der Waals surface area contributed by atoms with Crippen molar-refractivity contribution in [2.24, 2.45) is 5.92 Å². The van der Waals surface area contributed by atoms with Gasteiger partial charge in [-0.05, 0) is 81.5 Å². The van der Waals surface area contributed by atoms with E-state index >= 15 is 0 Å². The van der Waals surface area contributed by atoms with Gasteiger partial charge in [0.05, 0.1) is 5.69 Å². The molecule has 0 spiro atoms. The first-order chi connectivity index (χ1) is 14.6. The highest BCUT2D eigenvalue weighted by Gasteiger charge is 2.23. The summed E-state index contributed by atoms with van der Waals surface area (Å²) in [5, 5.41) is 8.07.